The van der Waals surface area contributed by atoms with E-state index in [2.05, 4.69) is 25.7 Å². The molecule has 1 saturated heterocycles. The van der Waals surface area contributed by atoms with Gasteiger partial charge in [-0.15, -0.1) is 0 Å². The molecule has 1 rings (SSSR count). The molecule has 21 heavy (non-hydrogen) atoms. The second kappa shape index (κ2) is 24.8. The molecule has 4 heteroatoms. The van der Waals surface area contributed by atoms with Crippen molar-refractivity contribution in [2.24, 2.45) is 0 Å². The zero-order valence-electron chi connectivity index (χ0n) is 16.1. The van der Waals surface area contributed by atoms with Gasteiger partial charge in [0.25, 0.3) is 0 Å². The van der Waals surface area contributed by atoms with Crippen molar-refractivity contribution in [3.05, 3.63) is 0 Å². The Kier molecular flexibility index (Phi) is 30.5. The van der Waals surface area contributed by atoms with E-state index in [1.54, 1.807) is 0 Å². The Morgan fingerprint density at radius 1 is 0.762 bits per heavy atom. The van der Waals surface area contributed by atoms with E-state index >= 15 is 0 Å². The van der Waals surface area contributed by atoms with Crippen molar-refractivity contribution in [2.45, 2.75) is 47.5 Å². The first-order valence-electron chi connectivity index (χ1n) is 8.48. The number of rotatable bonds is 5. The van der Waals surface area contributed by atoms with Gasteiger partial charge < -0.3 is 19.3 Å². The third-order valence-corrected chi connectivity index (χ3v) is 2.58. The van der Waals surface area contributed by atoms with E-state index in [1.165, 1.54) is 32.5 Å². The molecule has 0 aromatic carbocycles. The lowest BCUT2D eigenvalue weighted by Crippen LogP contribution is -2.21. The van der Waals surface area contributed by atoms with E-state index in [4.69, 9.17) is 9.47 Å². The molecule has 0 N–H and O–H groups in total. The van der Waals surface area contributed by atoms with Gasteiger partial charge in [0.05, 0.1) is 0 Å². The van der Waals surface area contributed by atoms with Gasteiger partial charge in [0.1, 0.15) is 0 Å². The van der Waals surface area contributed by atoms with Gasteiger partial charge in [0, 0.05) is 26.4 Å². The quantitative estimate of drug-likeness (QED) is 0.777. The zero-order chi connectivity index (χ0) is 16.9. The van der Waals surface area contributed by atoms with Crippen LogP contribution in [0.25, 0.3) is 0 Å². The van der Waals surface area contributed by atoms with Crippen molar-refractivity contribution in [3.63, 3.8) is 0 Å². The lowest BCUT2D eigenvalue weighted by molar-refractivity contribution is 0.162. The Bertz CT molecular complexity index is 130. The van der Waals surface area contributed by atoms with Crippen LogP contribution >= 0.6 is 0 Å². The number of nitrogens with zero attached hydrogens (tertiary/aromatic N) is 2. The second-order valence-electron chi connectivity index (χ2n) is 5.06. The van der Waals surface area contributed by atoms with Gasteiger partial charge in [-0.1, -0.05) is 20.8 Å². The number of ether oxygens (including phenoxy) is 2. The van der Waals surface area contributed by atoms with Gasteiger partial charge in [-0.25, -0.2) is 0 Å². The molecule has 0 bridgehead atoms. The second-order valence-corrected chi connectivity index (χ2v) is 5.06. The summed E-state index contributed by atoms with van der Waals surface area (Å²) in [5.41, 5.74) is 0. The van der Waals surface area contributed by atoms with Crippen molar-refractivity contribution in [1.82, 2.24) is 9.80 Å². The third kappa shape index (κ3) is 38.3. The van der Waals surface area contributed by atoms with Crippen LogP contribution in [0.3, 0.4) is 0 Å². The monoisotopic (exact) mass is 306 g/mol. The van der Waals surface area contributed by atoms with Crippen molar-refractivity contribution in [3.8, 4) is 0 Å². The van der Waals surface area contributed by atoms with Crippen LogP contribution in [0.1, 0.15) is 47.5 Å². The Balaban J connectivity index is -0.000000210. The van der Waals surface area contributed by atoms with Gasteiger partial charge >= 0.3 is 0 Å². The molecule has 0 unspecified atom stereocenters. The zero-order valence-corrected chi connectivity index (χ0v) is 16.1. The van der Waals surface area contributed by atoms with Crippen molar-refractivity contribution in [1.29, 1.82) is 0 Å². The standard InChI is InChI=1S/C6H15N.C4H8O.C4H10O.C3H9N/c1-4-7(5-2)6-3;1-2-4-5-3-1;1-3-5-4-2;1-4(2)3/h4-6H2,1-3H3;1-4H2;3-4H2,1-2H3;1-3H3. The largest absolute Gasteiger partial charge is 0.382 e. The highest BCUT2D eigenvalue weighted by atomic mass is 16.5. The highest BCUT2D eigenvalue weighted by Gasteiger charge is 1.94. The van der Waals surface area contributed by atoms with E-state index in [0.29, 0.717) is 0 Å². The fraction of sp³-hybridized carbons (Fsp3) is 1.00. The Morgan fingerprint density at radius 2 is 1.10 bits per heavy atom. The molecule has 0 atom stereocenters. The average Bonchev–Trinajstić information content (AvgIpc) is 3.01. The minimum atomic E-state index is 0.844. The lowest BCUT2D eigenvalue weighted by atomic mass is 10.4. The van der Waals surface area contributed by atoms with E-state index < -0.39 is 0 Å². The summed E-state index contributed by atoms with van der Waals surface area (Å²) in [5, 5.41) is 0. The molecule has 1 fully saturated rings. The molecule has 1 aliphatic heterocycles. The first-order valence-corrected chi connectivity index (χ1v) is 8.48. The first kappa shape index (κ1) is 25.8. The Morgan fingerprint density at radius 3 is 1.14 bits per heavy atom. The highest BCUT2D eigenvalue weighted by Crippen LogP contribution is 1.98. The molecule has 0 aromatic heterocycles. The van der Waals surface area contributed by atoms with Crippen LogP contribution in [-0.4, -0.2) is 77.0 Å². The van der Waals surface area contributed by atoms with Gasteiger partial charge in [0.15, 0.2) is 0 Å². The predicted molar refractivity (Wildman–Crippen MR) is 95.3 cm³/mol. The Hall–Kier alpha value is -0.160. The molecule has 4 nitrogen and oxygen atoms in total. The molecule has 0 aromatic rings. The molecule has 1 aliphatic rings. The van der Waals surface area contributed by atoms with Crippen LogP contribution in [-0.2, 0) is 9.47 Å². The predicted octanol–water partition coefficient (Wildman–Crippen LogP) is 3.37. The van der Waals surface area contributed by atoms with Crippen LogP contribution < -0.4 is 0 Å². The normalized spacial score (nSPS) is 12.9. The Labute approximate surface area is 134 Å². The van der Waals surface area contributed by atoms with Crippen molar-refractivity contribution < 1.29 is 9.47 Å². The topological polar surface area (TPSA) is 24.9 Å². The SMILES string of the molecule is C1CCOC1.CCN(CC)CC.CCOCC.CN(C)C. The average molecular weight is 307 g/mol. The number of hydrogen-bond acceptors (Lipinski definition) is 4. The summed E-state index contributed by atoms with van der Waals surface area (Å²) in [6.07, 6.45) is 2.56. The summed E-state index contributed by atoms with van der Waals surface area (Å²) >= 11 is 0. The smallest absolute Gasteiger partial charge is 0.0466 e. The molecule has 132 valence electrons. The van der Waals surface area contributed by atoms with Crippen LogP contribution in [0.4, 0.5) is 0 Å². The molecule has 0 aliphatic carbocycles. The summed E-state index contributed by atoms with van der Waals surface area (Å²) in [6.45, 7) is 17.8. The van der Waals surface area contributed by atoms with Crippen LogP contribution in [0.2, 0.25) is 0 Å². The fourth-order valence-corrected chi connectivity index (χ4v) is 1.39. The molecule has 0 spiro atoms. The summed E-state index contributed by atoms with van der Waals surface area (Å²) < 4.78 is 9.78. The molecular weight excluding hydrogens is 264 g/mol. The molecule has 0 radical (unpaired) electrons. The van der Waals surface area contributed by atoms with Crippen molar-refractivity contribution >= 4 is 0 Å². The van der Waals surface area contributed by atoms with Crippen LogP contribution in [0.15, 0.2) is 0 Å². The fourth-order valence-electron chi connectivity index (χ4n) is 1.39. The molecule has 0 amide bonds. The lowest BCUT2D eigenvalue weighted by Gasteiger charge is -2.13. The number of hydrogen-bond donors (Lipinski definition) is 0. The first-order chi connectivity index (χ1) is 9.99. The summed E-state index contributed by atoms with van der Waals surface area (Å²) in [5.74, 6) is 0. The van der Waals surface area contributed by atoms with E-state index in [9.17, 15) is 0 Å². The molecule has 0 saturated carbocycles. The summed E-state index contributed by atoms with van der Waals surface area (Å²) in [4.78, 5) is 4.38. The maximum absolute atomic E-state index is 4.94. The van der Waals surface area contributed by atoms with E-state index in [1.807, 2.05) is 39.9 Å². The van der Waals surface area contributed by atoms with Gasteiger partial charge in [-0.05, 0) is 67.5 Å². The van der Waals surface area contributed by atoms with E-state index in [-0.39, 0.29) is 0 Å². The minimum absolute atomic E-state index is 0.844. The van der Waals surface area contributed by atoms with Gasteiger partial charge in [0.2, 0.25) is 0 Å². The summed E-state index contributed by atoms with van der Waals surface area (Å²) in [7, 11) is 6.00. The summed E-state index contributed by atoms with van der Waals surface area (Å²) in [6, 6.07) is 0. The molecule has 1 heterocycles. The maximum Gasteiger partial charge on any atom is 0.0466 e. The van der Waals surface area contributed by atoms with Crippen molar-refractivity contribution in [2.75, 3.05) is 67.2 Å². The van der Waals surface area contributed by atoms with Gasteiger partial charge in [-0.2, -0.15) is 0 Å². The third-order valence-electron chi connectivity index (χ3n) is 2.58. The van der Waals surface area contributed by atoms with Crippen LogP contribution in [0, 0.1) is 0 Å². The van der Waals surface area contributed by atoms with Crippen LogP contribution in [0.5, 0.6) is 0 Å². The van der Waals surface area contributed by atoms with E-state index in [0.717, 1.165) is 26.4 Å². The van der Waals surface area contributed by atoms with Gasteiger partial charge in [-0.3, -0.25) is 0 Å². The molecular formula is C17H42N2O2. The highest BCUT2D eigenvalue weighted by molar-refractivity contribution is 4.44. The maximum atomic E-state index is 4.94. The minimum Gasteiger partial charge on any atom is -0.382 e.